The molecule has 0 radical (unpaired) electrons. The Labute approximate surface area is 149 Å². The minimum Gasteiger partial charge on any atom is -0.504 e. The van der Waals surface area contributed by atoms with Crippen molar-refractivity contribution in [3.8, 4) is 11.5 Å². The Morgan fingerprint density at radius 3 is 2.84 bits per heavy atom. The molecule has 1 saturated heterocycles. The summed E-state index contributed by atoms with van der Waals surface area (Å²) in [5, 5.41) is 10.5. The molecule has 4 nitrogen and oxygen atoms in total. The van der Waals surface area contributed by atoms with Gasteiger partial charge >= 0.3 is 0 Å². The van der Waals surface area contributed by atoms with Gasteiger partial charge in [0.1, 0.15) is 12.2 Å². The smallest absolute Gasteiger partial charge is 0.165 e. The predicted molar refractivity (Wildman–Crippen MR) is 96.2 cm³/mol. The molecule has 1 fully saturated rings. The fourth-order valence-corrected chi connectivity index (χ4v) is 5.73. The van der Waals surface area contributed by atoms with Gasteiger partial charge in [0.05, 0.1) is 5.60 Å². The van der Waals surface area contributed by atoms with Crippen LogP contribution in [0.4, 0.5) is 0 Å². The van der Waals surface area contributed by atoms with Crippen molar-refractivity contribution >= 4 is 0 Å². The molecule has 25 heavy (non-hydrogen) atoms. The van der Waals surface area contributed by atoms with Gasteiger partial charge in [0, 0.05) is 22.9 Å². The quantitative estimate of drug-likeness (QED) is 0.798. The first-order valence-electron chi connectivity index (χ1n) is 9.39. The second-order valence-corrected chi connectivity index (χ2v) is 9.13. The van der Waals surface area contributed by atoms with Crippen molar-refractivity contribution < 1.29 is 14.6 Å². The summed E-state index contributed by atoms with van der Waals surface area (Å²) in [4.78, 5) is 2.50. The summed E-state index contributed by atoms with van der Waals surface area (Å²) in [5.74, 6) is 1.40. The van der Waals surface area contributed by atoms with Crippen LogP contribution in [0.15, 0.2) is 24.3 Å². The topological polar surface area (TPSA) is 41.9 Å². The molecule has 0 amide bonds. The maximum atomic E-state index is 10.5. The summed E-state index contributed by atoms with van der Waals surface area (Å²) in [5.41, 5.74) is 2.30. The molecule has 5 atom stereocenters. The maximum absolute atomic E-state index is 10.5. The molecule has 4 aliphatic rings. The van der Waals surface area contributed by atoms with Crippen LogP contribution in [0.25, 0.3) is 0 Å². The predicted octanol–water partition coefficient (Wildman–Crippen LogP) is 3.02. The number of hydrogen-bond acceptors (Lipinski definition) is 4. The van der Waals surface area contributed by atoms with E-state index in [0.29, 0.717) is 17.7 Å². The normalized spacial score (nSPS) is 38.4. The first-order chi connectivity index (χ1) is 11.8. The van der Waals surface area contributed by atoms with Gasteiger partial charge in [-0.05, 0) is 58.8 Å². The van der Waals surface area contributed by atoms with Crippen molar-refractivity contribution in [2.24, 2.45) is 5.92 Å². The molecule has 0 aromatic heterocycles. The van der Waals surface area contributed by atoms with Crippen LogP contribution in [0.1, 0.15) is 38.3 Å². The first kappa shape index (κ1) is 15.7. The molecule has 1 N–H and O–H groups in total. The SMILES string of the molecule is CN1CCC23c4c5ccc(O)c4OC2[C@@H](OC(C)(C)C)C=C[C@H]3[C@H]1C5. The third-order valence-electron chi connectivity index (χ3n) is 6.62. The second-order valence-electron chi connectivity index (χ2n) is 9.13. The largest absolute Gasteiger partial charge is 0.504 e. The van der Waals surface area contributed by atoms with E-state index in [1.165, 1.54) is 11.1 Å². The van der Waals surface area contributed by atoms with Gasteiger partial charge in [0.15, 0.2) is 11.5 Å². The Morgan fingerprint density at radius 1 is 1.28 bits per heavy atom. The van der Waals surface area contributed by atoms with Crippen LogP contribution in [0.3, 0.4) is 0 Å². The van der Waals surface area contributed by atoms with E-state index in [4.69, 9.17) is 9.47 Å². The number of likely N-dealkylation sites (N-methyl/N-ethyl adjacent to an activating group) is 1. The van der Waals surface area contributed by atoms with Crippen LogP contribution in [-0.2, 0) is 16.6 Å². The number of likely N-dealkylation sites (tertiary alicyclic amines) is 1. The average Bonchev–Trinajstić information content (AvgIpc) is 2.88. The summed E-state index contributed by atoms with van der Waals surface area (Å²) in [6, 6.07) is 4.39. The highest BCUT2D eigenvalue weighted by Gasteiger charge is 2.64. The molecule has 4 heteroatoms. The lowest BCUT2D eigenvalue weighted by molar-refractivity contribution is -0.118. The Hall–Kier alpha value is -1.52. The highest BCUT2D eigenvalue weighted by molar-refractivity contribution is 5.61. The zero-order valence-electron chi connectivity index (χ0n) is 15.5. The number of piperidine rings is 1. The van der Waals surface area contributed by atoms with Crippen LogP contribution in [0, 0.1) is 5.92 Å². The third kappa shape index (κ3) is 1.95. The lowest BCUT2D eigenvalue weighted by atomic mass is 9.53. The van der Waals surface area contributed by atoms with Gasteiger partial charge in [0.25, 0.3) is 0 Å². The number of rotatable bonds is 1. The highest BCUT2D eigenvalue weighted by Crippen LogP contribution is 2.62. The van der Waals surface area contributed by atoms with Gasteiger partial charge in [-0.25, -0.2) is 0 Å². The van der Waals surface area contributed by atoms with Crippen molar-refractivity contribution in [1.82, 2.24) is 4.90 Å². The Bertz CT molecular complexity index is 765. The van der Waals surface area contributed by atoms with Crippen LogP contribution in [-0.4, -0.2) is 47.4 Å². The van der Waals surface area contributed by atoms with Crippen molar-refractivity contribution in [3.05, 3.63) is 35.4 Å². The number of hydrogen-bond donors (Lipinski definition) is 1. The Balaban J connectivity index is 1.71. The van der Waals surface area contributed by atoms with E-state index in [2.05, 4.69) is 50.9 Å². The summed E-state index contributed by atoms with van der Waals surface area (Å²) in [7, 11) is 2.24. The first-order valence-corrected chi connectivity index (χ1v) is 9.39. The standard InChI is InChI=1S/C21H27NO3/c1-20(2,3)25-16-8-6-13-14-11-12-5-7-15(23)18-17(12)21(13,19(16)24-18)9-10-22(14)4/h5-8,13-14,16,19,23H,9-11H2,1-4H3/t13-,14+,16-,19?,21?/m0/s1. The van der Waals surface area contributed by atoms with E-state index in [-0.39, 0.29) is 29.0 Å². The van der Waals surface area contributed by atoms with E-state index in [1.54, 1.807) is 6.07 Å². The zero-order valence-corrected chi connectivity index (χ0v) is 15.5. The van der Waals surface area contributed by atoms with Crippen molar-refractivity contribution in [2.45, 2.75) is 62.9 Å². The molecule has 0 saturated carbocycles. The van der Waals surface area contributed by atoms with Crippen LogP contribution in [0.2, 0.25) is 0 Å². The molecule has 2 unspecified atom stereocenters. The molecule has 2 heterocycles. The number of benzene rings is 1. The van der Waals surface area contributed by atoms with Gasteiger partial charge in [-0.1, -0.05) is 18.2 Å². The number of phenolic OH excluding ortho intramolecular Hbond substituents is 1. The molecule has 1 aromatic rings. The zero-order chi connectivity index (χ0) is 17.6. The van der Waals surface area contributed by atoms with Gasteiger partial charge in [-0.3, -0.25) is 0 Å². The minimum atomic E-state index is -0.235. The Morgan fingerprint density at radius 2 is 2.08 bits per heavy atom. The highest BCUT2D eigenvalue weighted by atomic mass is 16.6. The molecule has 1 spiro atoms. The van der Waals surface area contributed by atoms with Gasteiger partial charge in [-0.15, -0.1) is 0 Å². The molecular formula is C21H27NO3. The molecule has 2 bridgehead atoms. The second kappa shape index (κ2) is 4.80. The fraction of sp³-hybridized carbons (Fsp3) is 0.619. The monoisotopic (exact) mass is 341 g/mol. The van der Waals surface area contributed by atoms with Crippen molar-refractivity contribution in [2.75, 3.05) is 13.6 Å². The maximum Gasteiger partial charge on any atom is 0.165 e. The van der Waals surface area contributed by atoms with E-state index in [1.807, 2.05) is 0 Å². The van der Waals surface area contributed by atoms with Gasteiger partial charge < -0.3 is 19.5 Å². The molecule has 134 valence electrons. The lowest BCUT2D eigenvalue weighted by Gasteiger charge is -2.57. The van der Waals surface area contributed by atoms with Crippen LogP contribution < -0.4 is 4.74 Å². The van der Waals surface area contributed by atoms with Crippen LogP contribution in [0.5, 0.6) is 11.5 Å². The number of aromatic hydroxyl groups is 1. The number of ether oxygens (including phenoxy) is 2. The van der Waals surface area contributed by atoms with E-state index >= 15 is 0 Å². The molecule has 1 aromatic carbocycles. The average molecular weight is 341 g/mol. The molecule has 2 aliphatic heterocycles. The van der Waals surface area contributed by atoms with Crippen molar-refractivity contribution in [1.29, 1.82) is 0 Å². The van der Waals surface area contributed by atoms with Crippen molar-refractivity contribution in [3.63, 3.8) is 0 Å². The summed E-state index contributed by atoms with van der Waals surface area (Å²) < 4.78 is 12.8. The Kier molecular flexibility index (Phi) is 3.02. The lowest BCUT2D eigenvalue weighted by Crippen LogP contribution is -2.65. The fourth-order valence-electron chi connectivity index (χ4n) is 5.73. The summed E-state index contributed by atoms with van der Waals surface area (Å²) >= 11 is 0. The number of nitrogens with zero attached hydrogens (tertiary/aromatic N) is 1. The number of phenols is 1. The van der Waals surface area contributed by atoms with Gasteiger partial charge in [0.2, 0.25) is 0 Å². The van der Waals surface area contributed by atoms with Gasteiger partial charge in [-0.2, -0.15) is 0 Å². The molecule has 5 rings (SSSR count). The van der Waals surface area contributed by atoms with Crippen LogP contribution >= 0.6 is 0 Å². The van der Waals surface area contributed by atoms with E-state index in [0.717, 1.165) is 19.4 Å². The summed E-state index contributed by atoms with van der Waals surface area (Å²) in [6.07, 6.45) is 6.51. The van der Waals surface area contributed by atoms with E-state index < -0.39 is 0 Å². The van der Waals surface area contributed by atoms with E-state index in [9.17, 15) is 5.11 Å². The summed E-state index contributed by atoms with van der Waals surface area (Å²) in [6.45, 7) is 7.33. The third-order valence-corrected chi connectivity index (χ3v) is 6.62. The minimum absolute atomic E-state index is 0.0553. The molecular weight excluding hydrogens is 314 g/mol. The molecule has 2 aliphatic carbocycles.